The number of hydrogen-bond donors (Lipinski definition) is 0. The van der Waals surface area contributed by atoms with Crippen LogP contribution < -0.4 is 0 Å². The molecule has 164 valence electrons. The summed E-state index contributed by atoms with van der Waals surface area (Å²) in [6.45, 7) is 3.73. The highest BCUT2D eigenvalue weighted by molar-refractivity contribution is 6.01. The fourth-order valence-electron chi connectivity index (χ4n) is 3.82. The minimum absolute atomic E-state index is 0.160. The van der Waals surface area contributed by atoms with Crippen molar-refractivity contribution in [1.29, 1.82) is 0 Å². The average molecular weight is 441 g/mol. The van der Waals surface area contributed by atoms with Gasteiger partial charge in [-0.2, -0.15) is 5.10 Å². The lowest BCUT2D eigenvalue weighted by Crippen LogP contribution is -2.13. The van der Waals surface area contributed by atoms with Gasteiger partial charge in [0, 0.05) is 36.0 Å². The number of rotatable bonds is 5. The molecule has 1 aromatic carbocycles. The second-order valence-corrected chi connectivity index (χ2v) is 7.86. The molecule has 0 atom stereocenters. The number of aryl methyl sites for hydroxylation is 3. The van der Waals surface area contributed by atoms with E-state index in [0.29, 0.717) is 28.6 Å². The number of nitrogens with zero attached hydrogens (tertiary/aromatic N) is 7. The van der Waals surface area contributed by atoms with E-state index in [1.807, 2.05) is 50.2 Å². The SMILES string of the molecule is Cc1cc(C)nc(-c2cnn(C)c2C(=O)Cc2cc3nc(-c4ccccc4)nn3cc2F)n1. The van der Waals surface area contributed by atoms with Crippen molar-refractivity contribution in [3.05, 3.63) is 83.3 Å². The van der Waals surface area contributed by atoms with E-state index in [1.165, 1.54) is 15.4 Å². The molecule has 0 aliphatic rings. The van der Waals surface area contributed by atoms with Gasteiger partial charge in [-0.1, -0.05) is 30.3 Å². The molecule has 0 unspecified atom stereocenters. The Labute approximate surface area is 188 Å². The van der Waals surface area contributed by atoms with E-state index in [2.05, 4.69) is 25.1 Å². The van der Waals surface area contributed by atoms with Gasteiger partial charge in [0.25, 0.3) is 0 Å². The fraction of sp³-hybridized carbons (Fsp3) is 0.167. The van der Waals surface area contributed by atoms with E-state index >= 15 is 0 Å². The third-order valence-corrected chi connectivity index (χ3v) is 5.31. The molecule has 0 aliphatic carbocycles. The molecule has 0 N–H and O–H groups in total. The number of carbonyl (C=O) groups excluding carboxylic acids is 1. The molecule has 9 heteroatoms. The van der Waals surface area contributed by atoms with Gasteiger partial charge in [-0.05, 0) is 26.0 Å². The summed E-state index contributed by atoms with van der Waals surface area (Å²) >= 11 is 0. The van der Waals surface area contributed by atoms with Crippen LogP contribution in [-0.4, -0.2) is 40.1 Å². The summed E-state index contributed by atoms with van der Waals surface area (Å²) in [4.78, 5) is 26.6. The summed E-state index contributed by atoms with van der Waals surface area (Å²) < 4.78 is 17.7. The first-order valence-electron chi connectivity index (χ1n) is 10.4. The molecule has 5 rings (SSSR count). The van der Waals surface area contributed by atoms with Crippen LogP contribution >= 0.6 is 0 Å². The van der Waals surface area contributed by atoms with Crippen LogP contribution in [0.5, 0.6) is 0 Å². The van der Waals surface area contributed by atoms with Crippen molar-refractivity contribution in [3.8, 4) is 22.8 Å². The standard InChI is InChI=1S/C24H20FN7O/c1-14-9-15(2)28-24(27-14)18-12-26-31(3)22(18)20(33)10-17-11-21-29-23(16-7-5-4-6-8-16)30-32(21)13-19(17)25/h4-9,11-13H,10H2,1-3H3. The number of carbonyl (C=O) groups is 1. The Balaban J connectivity index is 1.50. The van der Waals surface area contributed by atoms with E-state index in [9.17, 15) is 9.18 Å². The number of fused-ring (bicyclic) bond motifs is 1. The van der Waals surface area contributed by atoms with Crippen molar-refractivity contribution in [2.45, 2.75) is 20.3 Å². The molecular formula is C24H20FN7O. The van der Waals surface area contributed by atoms with Gasteiger partial charge in [0.1, 0.15) is 11.5 Å². The van der Waals surface area contributed by atoms with Gasteiger partial charge < -0.3 is 0 Å². The summed E-state index contributed by atoms with van der Waals surface area (Å²) in [6.07, 6.45) is 2.65. The maximum atomic E-state index is 14.9. The minimum atomic E-state index is -0.535. The zero-order valence-corrected chi connectivity index (χ0v) is 18.3. The highest BCUT2D eigenvalue weighted by Gasteiger charge is 2.22. The monoisotopic (exact) mass is 441 g/mol. The lowest BCUT2D eigenvalue weighted by Gasteiger charge is -2.07. The molecule has 0 fully saturated rings. The molecule has 4 heterocycles. The van der Waals surface area contributed by atoms with Crippen LogP contribution in [0.1, 0.15) is 27.4 Å². The Morgan fingerprint density at radius 1 is 1.00 bits per heavy atom. The number of benzene rings is 1. The molecule has 0 saturated heterocycles. The minimum Gasteiger partial charge on any atom is -0.292 e. The molecule has 0 spiro atoms. The van der Waals surface area contributed by atoms with Crippen molar-refractivity contribution in [2.75, 3.05) is 0 Å². The lowest BCUT2D eigenvalue weighted by atomic mass is 10.0. The second-order valence-electron chi connectivity index (χ2n) is 7.86. The number of ketones is 1. The van der Waals surface area contributed by atoms with Crippen LogP contribution in [0.25, 0.3) is 28.4 Å². The molecule has 5 aromatic rings. The van der Waals surface area contributed by atoms with E-state index in [4.69, 9.17) is 0 Å². The van der Waals surface area contributed by atoms with Crippen molar-refractivity contribution >= 4 is 11.4 Å². The number of Topliss-reactive ketones (excluding diaryl/α,β-unsaturated/α-hetero) is 1. The molecule has 0 amide bonds. The predicted molar refractivity (Wildman–Crippen MR) is 120 cm³/mol. The van der Waals surface area contributed by atoms with Gasteiger partial charge in [-0.3, -0.25) is 9.48 Å². The third kappa shape index (κ3) is 3.89. The van der Waals surface area contributed by atoms with Crippen molar-refractivity contribution in [2.24, 2.45) is 7.05 Å². The zero-order valence-electron chi connectivity index (χ0n) is 18.3. The van der Waals surface area contributed by atoms with Gasteiger partial charge in [0.2, 0.25) is 0 Å². The third-order valence-electron chi connectivity index (χ3n) is 5.31. The Hall–Kier alpha value is -4.27. The second kappa shape index (κ2) is 8.01. The predicted octanol–water partition coefficient (Wildman–Crippen LogP) is 3.77. The first-order valence-corrected chi connectivity index (χ1v) is 10.4. The van der Waals surface area contributed by atoms with Gasteiger partial charge >= 0.3 is 0 Å². The molecular weight excluding hydrogens is 421 g/mol. The van der Waals surface area contributed by atoms with Crippen molar-refractivity contribution < 1.29 is 9.18 Å². The molecule has 0 saturated carbocycles. The molecule has 0 bridgehead atoms. The van der Waals surface area contributed by atoms with Crippen LogP contribution in [-0.2, 0) is 13.5 Å². The molecule has 8 nitrogen and oxygen atoms in total. The first kappa shape index (κ1) is 20.6. The Kier molecular flexibility index (Phi) is 5.01. The van der Waals surface area contributed by atoms with E-state index in [-0.39, 0.29) is 17.8 Å². The smallest absolute Gasteiger partial charge is 0.186 e. The molecule has 0 radical (unpaired) electrons. The largest absolute Gasteiger partial charge is 0.292 e. The number of pyridine rings is 1. The lowest BCUT2D eigenvalue weighted by molar-refractivity contribution is 0.0983. The van der Waals surface area contributed by atoms with Crippen LogP contribution in [0.15, 0.2) is 54.9 Å². The molecule has 33 heavy (non-hydrogen) atoms. The molecule has 0 aliphatic heterocycles. The van der Waals surface area contributed by atoms with Gasteiger partial charge in [0.05, 0.1) is 18.0 Å². The summed E-state index contributed by atoms with van der Waals surface area (Å²) in [5.41, 5.74) is 3.94. The normalized spacial score (nSPS) is 11.3. The zero-order chi connectivity index (χ0) is 23.1. The fourth-order valence-corrected chi connectivity index (χ4v) is 3.82. The maximum absolute atomic E-state index is 14.9. The van der Waals surface area contributed by atoms with Crippen molar-refractivity contribution in [3.63, 3.8) is 0 Å². The summed E-state index contributed by atoms with van der Waals surface area (Å²) in [7, 11) is 1.67. The Morgan fingerprint density at radius 2 is 1.73 bits per heavy atom. The summed E-state index contributed by atoms with van der Waals surface area (Å²) in [5, 5.41) is 8.57. The number of aromatic nitrogens is 7. The quantitative estimate of drug-likeness (QED) is 0.386. The topological polar surface area (TPSA) is 90.9 Å². The van der Waals surface area contributed by atoms with E-state index < -0.39 is 5.82 Å². The Bertz CT molecular complexity index is 1480. The summed E-state index contributed by atoms with van der Waals surface area (Å²) in [5.74, 6) is 0.0785. The van der Waals surface area contributed by atoms with Crippen LogP contribution in [0, 0.1) is 19.7 Å². The summed E-state index contributed by atoms with van der Waals surface area (Å²) in [6, 6.07) is 12.8. The van der Waals surface area contributed by atoms with Gasteiger partial charge in [-0.15, -0.1) is 5.10 Å². The molecule has 4 aromatic heterocycles. The number of hydrogen-bond acceptors (Lipinski definition) is 6. The van der Waals surface area contributed by atoms with E-state index in [0.717, 1.165) is 17.0 Å². The van der Waals surface area contributed by atoms with Crippen molar-refractivity contribution in [1.82, 2.24) is 34.3 Å². The highest BCUT2D eigenvalue weighted by Crippen LogP contribution is 2.24. The van der Waals surface area contributed by atoms with Gasteiger partial charge in [-0.25, -0.2) is 23.9 Å². The average Bonchev–Trinajstić information content (AvgIpc) is 3.37. The van der Waals surface area contributed by atoms with Crippen LogP contribution in [0.2, 0.25) is 0 Å². The first-order chi connectivity index (χ1) is 15.9. The van der Waals surface area contributed by atoms with E-state index in [1.54, 1.807) is 19.3 Å². The van der Waals surface area contributed by atoms with Crippen LogP contribution in [0.4, 0.5) is 4.39 Å². The highest BCUT2D eigenvalue weighted by atomic mass is 19.1. The Morgan fingerprint density at radius 3 is 2.45 bits per heavy atom. The number of halogens is 1. The maximum Gasteiger partial charge on any atom is 0.186 e. The van der Waals surface area contributed by atoms with Crippen LogP contribution in [0.3, 0.4) is 0 Å². The van der Waals surface area contributed by atoms with Gasteiger partial charge in [0.15, 0.2) is 23.1 Å².